The lowest BCUT2D eigenvalue weighted by Gasteiger charge is -2.07. The highest BCUT2D eigenvalue weighted by Gasteiger charge is 2.15. The lowest BCUT2D eigenvalue weighted by atomic mass is 9.99. The third kappa shape index (κ3) is 2.61. The fraction of sp³-hybridized carbons (Fsp3) is 0.235. The van der Waals surface area contributed by atoms with Gasteiger partial charge in [0.15, 0.2) is 5.78 Å². The maximum absolute atomic E-state index is 12.4. The molecule has 0 saturated carbocycles. The lowest BCUT2D eigenvalue weighted by molar-refractivity contribution is 0.0993. The van der Waals surface area contributed by atoms with Crippen LogP contribution in [0.1, 0.15) is 33.5 Å². The van der Waals surface area contributed by atoms with Crippen molar-refractivity contribution in [1.82, 2.24) is 0 Å². The normalized spacial score (nSPS) is 13.3. The van der Waals surface area contributed by atoms with Crippen LogP contribution in [0.5, 0.6) is 0 Å². The van der Waals surface area contributed by atoms with Crippen molar-refractivity contribution in [3.8, 4) is 0 Å². The SMILES string of the molecule is O=C(Cc1cccc(Cl)c1Cl)c1ccc2c(c1)CCC2. The molecule has 1 nitrogen and oxygen atoms in total. The zero-order valence-electron chi connectivity index (χ0n) is 11.0. The Balaban J connectivity index is 1.84. The predicted molar refractivity (Wildman–Crippen MR) is 83.0 cm³/mol. The van der Waals surface area contributed by atoms with Crippen LogP contribution in [0.4, 0.5) is 0 Å². The first-order valence-electron chi connectivity index (χ1n) is 6.73. The number of hydrogen-bond donors (Lipinski definition) is 0. The number of carbonyl (C=O) groups excluding carboxylic acids is 1. The molecule has 0 radical (unpaired) electrons. The molecular formula is C17H14Cl2O. The van der Waals surface area contributed by atoms with Crippen molar-refractivity contribution in [2.45, 2.75) is 25.7 Å². The summed E-state index contributed by atoms with van der Waals surface area (Å²) in [5, 5.41) is 0.967. The van der Waals surface area contributed by atoms with Crippen molar-refractivity contribution in [1.29, 1.82) is 0 Å². The zero-order valence-corrected chi connectivity index (χ0v) is 12.5. The van der Waals surface area contributed by atoms with Gasteiger partial charge in [0.25, 0.3) is 0 Å². The predicted octanol–water partition coefficient (Wildman–Crippen LogP) is 4.91. The fourth-order valence-electron chi connectivity index (χ4n) is 2.71. The number of hydrogen-bond acceptors (Lipinski definition) is 1. The van der Waals surface area contributed by atoms with E-state index >= 15 is 0 Å². The van der Waals surface area contributed by atoms with Crippen LogP contribution in [0.15, 0.2) is 36.4 Å². The summed E-state index contributed by atoms with van der Waals surface area (Å²) < 4.78 is 0. The molecule has 0 amide bonds. The number of benzene rings is 2. The highest BCUT2D eigenvalue weighted by Crippen LogP contribution is 2.27. The quantitative estimate of drug-likeness (QED) is 0.737. The van der Waals surface area contributed by atoms with Gasteiger partial charge in [-0.1, -0.05) is 47.5 Å². The monoisotopic (exact) mass is 304 g/mol. The topological polar surface area (TPSA) is 17.1 Å². The Morgan fingerprint density at radius 2 is 1.85 bits per heavy atom. The van der Waals surface area contributed by atoms with Crippen LogP contribution in [0.2, 0.25) is 10.0 Å². The molecule has 0 atom stereocenters. The van der Waals surface area contributed by atoms with E-state index in [2.05, 4.69) is 6.07 Å². The molecule has 102 valence electrons. The molecule has 3 heteroatoms. The summed E-state index contributed by atoms with van der Waals surface area (Å²) in [6.07, 6.45) is 3.68. The summed E-state index contributed by atoms with van der Waals surface area (Å²) in [4.78, 5) is 12.4. The van der Waals surface area contributed by atoms with E-state index in [-0.39, 0.29) is 12.2 Å². The van der Waals surface area contributed by atoms with E-state index in [1.54, 1.807) is 6.07 Å². The van der Waals surface area contributed by atoms with Crippen molar-refractivity contribution in [3.63, 3.8) is 0 Å². The van der Waals surface area contributed by atoms with Crippen LogP contribution >= 0.6 is 23.2 Å². The number of rotatable bonds is 3. The van der Waals surface area contributed by atoms with Crippen LogP contribution in [0, 0.1) is 0 Å². The second-order valence-corrected chi connectivity index (χ2v) is 5.94. The summed E-state index contributed by atoms with van der Waals surface area (Å²) >= 11 is 12.1. The molecule has 3 rings (SSSR count). The fourth-order valence-corrected chi connectivity index (χ4v) is 3.09. The van der Waals surface area contributed by atoms with Gasteiger partial charge in [0.05, 0.1) is 10.0 Å². The maximum atomic E-state index is 12.4. The summed E-state index contributed by atoms with van der Waals surface area (Å²) in [6, 6.07) is 11.4. The Hall–Kier alpha value is -1.31. The molecule has 2 aromatic carbocycles. The Morgan fingerprint density at radius 1 is 1.05 bits per heavy atom. The van der Waals surface area contributed by atoms with Gasteiger partial charge in [-0.2, -0.15) is 0 Å². The first kappa shape index (κ1) is 13.7. The minimum atomic E-state index is 0.0869. The van der Waals surface area contributed by atoms with Gasteiger partial charge in [-0.15, -0.1) is 0 Å². The molecule has 2 aromatic rings. The molecule has 0 fully saturated rings. The van der Waals surface area contributed by atoms with E-state index in [0.717, 1.165) is 24.0 Å². The van der Waals surface area contributed by atoms with Gasteiger partial charge >= 0.3 is 0 Å². The largest absolute Gasteiger partial charge is 0.294 e. The minimum absolute atomic E-state index is 0.0869. The number of halogens is 2. The van der Waals surface area contributed by atoms with Crippen molar-refractivity contribution in [3.05, 3.63) is 68.7 Å². The zero-order chi connectivity index (χ0) is 14.1. The molecule has 0 aromatic heterocycles. The van der Waals surface area contributed by atoms with Crippen LogP contribution < -0.4 is 0 Å². The second kappa shape index (κ2) is 5.59. The van der Waals surface area contributed by atoms with Crippen LogP contribution in [0.25, 0.3) is 0 Å². The third-order valence-electron chi connectivity index (χ3n) is 3.80. The molecule has 0 aliphatic heterocycles. The van der Waals surface area contributed by atoms with Crippen molar-refractivity contribution < 1.29 is 4.79 Å². The Morgan fingerprint density at radius 3 is 2.70 bits per heavy atom. The van der Waals surface area contributed by atoms with Gasteiger partial charge in [-0.3, -0.25) is 4.79 Å². The maximum Gasteiger partial charge on any atom is 0.167 e. The van der Waals surface area contributed by atoms with E-state index in [1.807, 2.05) is 24.3 Å². The van der Waals surface area contributed by atoms with Crippen molar-refractivity contribution in [2.24, 2.45) is 0 Å². The number of carbonyl (C=O) groups is 1. The highest BCUT2D eigenvalue weighted by atomic mass is 35.5. The number of Topliss-reactive ketones (excluding diaryl/α,β-unsaturated/α-hetero) is 1. The van der Waals surface area contributed by atoms with Gasteiger partial charge < -0.3 is 0 Å². The summed E-state index contributed by atoms with van der Waals surface area (Å²) in [5.41, 5.74) is 4.24. The molecule has 0 saturated heterocycles. The number of aryl methyl sites for hydroxylation is 2. The highest BCUT2D eigenvalue weighted by molar-refractivity contribution is 6.42. The number of ketones is 1. The van der Waals surface area contributed by atoms with Gasteiger partial charge in [-0.05, 0) is 48.1 Å². The Labute approximate surface area is 128 Å². The standard InChI is InChI=1S/C17H14Cl2O/c18-15-6-2-5-14(17(15)19)10-16(20)13-8-7-11-3-1-4-12(11)9-13/h2,5-9H,1,3-4,10H2. The van der Waals surface area contributed by atoms with Crippen molar-refractivity contribution in [2.75, 3.05) is 0 Å². The molecule has 0 heterocycles. The summed E-state index contributed by atoms with van der Waals surface area (Å²) in [6.45, 7) is 0. The first-order valence-corrected chi connectivity index (χ1v) is 7.48. The van der Waals surface area contributed by atoms with Crippen molar-refractivity contribution >= 4 is 29.0 Å². The van der Waals surface area contributed by atoms with Gasteiger partial charge in [0, 0.05) is 12.0 Å². The molecule has 0 bridgehead atoms. The molecule has 1 aliphatic rings. The van der Waals surface area contributed by atoms with E-state index in [1.165, 1.54) is 17.5 Å². The molecule has 0 N–H and O–H groups in total. The molecule has 0 spiro atoms. The average molecular weight is 305 g/mol. The van der Waals surface area contributed by atoms with Crippen LogP contribution in [-0.2, 0) is 19.3 Å². The lowest BCUT2D eigenvalue weighted by Crippen LogP contribution is -2.05. The van der Waals surface area contributed by atoms with E-state index in [0.29, 0.717) is 10.0 Å². The van der Waals surface area contributed by atoms with Crippen LogP contribution in [-0.4, -0.2) is 5.78 Å². The Bertz CT molecular complexity index is 677. The van der Waals surface area contributed by atoms with Gasteiger partial charge in [0.2, 0.25) is 0 Å². The van der Waals surface area contributed by atoms with E-state index < -0.39 is 0 Å². The summed E-state index contributed by atoms with van der Waals surface area (Å²) in [7, 11) is 0. The first-order chi connectivity index (χ1) is 9.65. The Kier molecular flexibility index (Phi) is 3.82. The molecule has 1 aliphatic carbocycles. The molecule has 20 heavy (non-hydrogen) atoms. The van der Waals surface area contributed by atoms with Gasteiger partial charge in [0.1, 0.15) is 0 Å². The van der Waals surface area contributed by atoms with E-state index in [4.69, 9.17) is 23.2 Å². The van der Waals surface area contributed by atoms with E-state index in [9.17, 15) is 4.79 Å². The second-order valence-electron chi connectivity index (χ2n) is 5.15. The third-order valence-corrected chi connectivity index (χ3v) is 4.66. The number of fused-ring (bicyclic) bond motifs is 1. The molecule has 0 unspecified atom stereocenters. The molecular weight excluding hydrogens is 291 g/mol. The smallest absolute Gasteiger partial charge is 0.167 e. The minimum Gasteiger partial charge on any atom is -0.294 e. The average Bonchev–Trinajstić information content (AvgIpc) is 2.91. The van der Waals surface area contributed by atoms with Crippen LogP contribution in [0.3, 0.4) is 0 Å². The summed E-state index contributed by atoms with van der Waals surface area (Å²) in [5.74, 6) is 0.0869. The van der Waals surface area contributed by atoms with Gasteiger partial charge in [-0.25, -0.2) is 0 Å².